The third-order valence-electron chi connectivity index (χ3n) is 5.06. The fourth-order valence-corrected chi connectivity index (χ4v) is 3.68. The molecular formula is C20H24FN7O. The molecule has 2 N–H and O–H groups in total. The Kier molecular flexibility index (Phi) is 5.57. The SMILES string of the molecule is Cn1cc(CN2CCC(n3nccc3NC(=O)Nc3cccc(F)c3)CC2)cn1. The quantitative estimate of drug-likeness (QED) is 0.693. The first-order valence-corrected chi connectivity index (χ1v) is 9.64. The van der Waals surface area contributed by atoms with Gasteiger partial charge in [0, 0.05) is 50.2 Å². The van der Waals surface area contributed by atoms with Gasteiger partial charge in [0.2, 0.25) is 0 Å². The van der Waals surface area contributed by atoms with E-state index in [-0.39, 0.29) is 6.04 Å². The number of piperidine rings is 1. The average molecular weight is 397 g/mol. The molecule has 1 aliphatic rings. The maximum absolute atomic E-state index is 13.3. The molecule has 1 aromatic carbocycles. The summed E-state index contributed by atoms with van der Waals surface area (Å²) in [6.45, 7) is 2.80. The van der Waals surface area contributed by atoms with Crippen molar-refractivity contribution >= 4 is 17.5 Å². The van der Waals surface area contributed by atoms with Crippen molar-refractivity contribution in [1.82, 2.24) is 24.5 Å². The summed E-state index contributed by atoms with van der Waals surface area (Å²) >= 11 is 0. The van der Waals surface area contributed by atoms with Gasteiger partial charge < -0.3 is 5.32 Å². The zero-order chi connectivity index (χ0) is 20.2. The van der Waals surface area contributed by atoms with Crippen LogP contribution in [0.25, 0.3) is 0 Å². The molecule has 0 unspecified atom stereocenters. The van der Waals surface area contributed by atoms with Crippen LogP contribution in [-0.2, 0) is 13.6 Å². The number of aromatic nitrogens is 4. The van der Waals surface area contributed by atoms with Crippen molar-refractivity contribution < 1.29 is 9.18 Å². The van der Waals surface area contributed by atoms with Crippen molar-refractivity contribution in [2.45, 2.75) is 25.4 Å². The lowest BCUT2D eigenvalue weighted by Crippen LogP contribution is -2.35. The maximum Gasteiger partial charge on any atom is 0.324 e. The van der Waals surface area contributed by atoms with Crippen LogP contribution in [0.5, 0.6) is 0 Å². The smallest absolute Gasteiger partial charge is 0.308 e. The number of benzene rings is 1. The number of nitrogens with zero attached hydrogens (tertiary/aromatic N) is 5. The van der Waals surface area contributed by atoms with E-state index in [9.17, 15) is 9.18 Å². The van der Waals surface area contributed by atoms with Gasteiger partial charge in [0.1, 0.15) is 11.6 Å². The third-order valence-corrected chi connectivity index (χ3v) is 5.06. The summed E-state index contributed by atoms with van der Waals surface area (Å²) in [7, 11) is 1.92. The lowest BCUT2D eigenvalue weighted by Gasteiger charge is -2.32. The standard InChI is InChI=1S/C20H24FN7O/c1-26-13-15(12-23-26)14-27-9-6-18(7-10-27)28-19(5-8-22-28)25-20(29)24-17-4-2-3-16(21)11-17/h2-5,8,11-13,18H,6-7,9-10,14H2,1H3,(H2,24,25,29). The molecule has 0 saturated carbocycles. The first-order valence-electron chi connectivity index (χ1n) is 9.64. The zero-order valence-corrected chi connectivity index (χ0v) is 16.3. The van der Waals surface area contributed by atoms with Crippen molar-refractivity contribution in [3.05, 3.63) is 60.3 Å². The van der Waals surface area contributed by atoms with E-state index in [0.717, 1.165) is 32.5 Å². The first kappa shape index (κ1) is 19.1. The topological polar surface area (TPSA) is 80.0 Å². The Morgan fingerprint density at radius 2 is 2.03 bits per heavy atom. The zero-order valence-electron chi connectivity index (χ0n) is 16.3. The van der Waals surface area contributed by atoms with E-state index >= 15 is 0 Å². The number of rotatable bonds is 5. The number of urea groups is 1. The molecule has 1 saturated heterocycles. The summed E-state index contributed by atoms with van der Waals surface area (Å²) < 4.78 is 17.0. The molecular weight excluding hydrogens is 373 g/mol. The fraction of sp³-hybridized carbons (Fsp3) is 0.350. The fourth-order valence-electron chi connectivity index (χ4n) is 3.68. The van der Waals surface area contributed by atoms with E-state index in [1.807, 2.05) is 28.8 Å². The molecule has 152 valence electrons. The lowest BCUT2D eigenvalue weighted by molar-refractivity contribution is 0.174. The number of carbonyl (C=O) groups is 1. The Bertz CT molecular complexity index is 975. The van der Waals surface area contributed by atoms with E-state index in [2.05, 4.69) is 25.7 Å². The summed E-state index contributed by atoms with van der Waals surface area (Å²) in [5.41, 5.74) is 1.61. The highest BCUT2D eigenvalue weighted by Gasteiger charge is 2.23. The van der Waals surface area contributed by atoms with Crippen LogP contribution in [0.1, 0.15) is 24.4 Å². The van der Waals surface area contributed by atoms with Crippen LogP contribution in [0.2, 0.25) is 0 Å². The number of anilines is 2. The van der Waals surface area contributed by atoms with Gasteiger partial charge in [-0.05, 0) is 31.0 Å². The number of aryl methyl sites for hydroxylation is 1. The number of amides is 2. The van der Waals surface area contributed by atoms with Gasteiger partial charge >= 0.3 is 6.03 Å². The predicted octanol–water partition coefficient (Wildman–Crippen LogP) is 3.24. The molecule has 2 amide bonds. The number of carbonyl (C=O) groups excluding carboxylic acids is 1. The lowest BCUT2D eigenvalue weighted by atomic mass is 10.0. The molecule has 29 heavy (non-hydrogen) atoms. The van der Waals surface area contributed by atoms with Gasteiger partial charge in [-0.1, -0.05) is 6.07 Å². The van der Waals surface area contributed by atoms with E-state index in [1.54, 1.807) is 24.4 Å². The van der Waals surface area contributed by atoms with Crippen molar-refractivity contribution in [1.29, 1.82) is 0 Å². The van der Waals surface area contributed by atoms with E-state index < -0.39 is 11.8 Å². The van der Waals surface area contributed by atoms with E-state index in [4.69, 9.17) is 0 Å². The molecule has 3 heterocycles. The minimum atomic E-state index is -0.425. The Hall–Kier alpha value is -3.20. The Morgan fingerprint density at radius 1 is 1.21 bits per heavy atom. The van der Waals surface area contributed by atoms with Crippen molar-refractivity contribution in [3.8, 4) is 0 Å². The number of nitrogens with one attached hydrogen (secondary N) is 2. The molecule has 0 spiro atoms. The van der Waals surface area contributed by atoms with Crippen LogP contribution in [-0.4, -0.2) is 43.6 Å². The van der Waals surface area contributed by atoms with Crippen LogP contribution < -0.4 is 10.6 Å². The van der Waals surface area contributed by atoms with Crippen LogP contribution in [0, 0.1) is 5.82 Å². The molecule has 1 aliphatic heterocycles. The van der Waals surface area contributed by atoms with Crippen molar-refractivity contribution in [2.75, 3.05) is 23.7 Å². The highest BCUT2D eigenvalue weighted by Crippen LogP contribution is 2.26. The van der Waals surface area contributed by atoms with Crippen LogP contribution >= 0.6 is 0 Å². The highest BCUT2D eigenvalue weighted by molar-refractivity contribution is 5.99. The molecule has 9 heteroatoms. The van der Waals surface area contributed by atoms with Crippen LogP contribution in [0.4, 0.5) is 20.7 Å². The number of halogens is 1. The third kappa shape index (κ3) is 4.80. The van der Waals surface area contributed by atoms with Gasteiger partial charge in [0.25, 0.3) is 0 Å². The summed E-state index contributed by atoms with van der Waals surface area (Å²) in [4.78, 5) is 14.7. The minimum Gasteiger partial charge on any atom is -0.308 e. The Balaban J connectivity index is 1.32. The van der Waals surface area contributed by atoms with Crippen LogP contribution in [0.3, 0.4) is 0 Å². The second-order valence-electron chi connectivity index (χ2n) is 7.28. The molecule has 0 atom stereocenters. The predicted molar refractivity (Wildman–Crippen MR) is 108 cm³/mol. The van der Waals surface area contributed by atoms with Gasteiger partial charge in [0.15, 0.2) is 0 Å². The molecule has 0 radical (unpaired) electrons. The molecule has 2 aromatic heterocycles. The molecule has 8 nitrogen and oxygen atoms in total. The summed E-state index contributed by atoms with van der Waals surface area (Å²) in [6.07, 6.45) is 7.52. The molecule has 3 aromatic rings. The van der Waals surface area contributed by atoms with Crippen molar-refractivity contribution in [2.24, 2.45) is 7.05 Å². The number of hydrogen-bond donors (Lipinski definition) is 2. The summed E-state index contributed by atoms with van der Waals surface area (Å²) in [6, 6.07) is 7.36. The minimum absolute atomic E-state index is 0.222. The van der Waals surface area contributed by atoms with Gasteiger partial charge in [-0.2, -0.15) is 10.2 Å². The Labute approximate surface area is 168 Å². The molecule has 1 fully saturated rings. The molecule has 0 aliphatic carbocycles. The average Bonchev–Trinajstić information content (AvgIpc) is 3.31. The summed E-state index contributed by atoms with van der Waals surface area (Å²) in [5.74, 6) is 0.232. The van der Waals surface area contributed by atoms with E-state index in [1.165, 1.54) is 17.7 Å². The maximum atomic E-state index is 13.3. The normalized spacial score (nSPS) is 15.4. The van der Waals surface area contributed by atoms with Gasteiger partial charge in [-0.15, -0.1) is 0 Å². The second-order valence-corrected chi connectivity index (χ2v) is 7.28. The van der Waals surface area contributed by atoms with Gasteiger partial charge in [-0.25, -0.2) is 13.9 Å². The highest BCUT2D eigenvalue weighted by atomic mass is 19.1. The Morgan fingerprint density at radius 3 is 2.76 bits per heavy atom. The van der Waals surface area contributed by atoms with E-state index in [0.29, 0.717) is 11.5 Å². The second kappa shape index (κ2) is 8.44. The monoisotopic (exact) mass is 397 g/mol. The number of hydrogen-bond acceptors (Lipinski definition) is 4. The van der Waals surface area contributed by atoms with Gasteiger partial charge in [-0.3, -0.25) is 14.9 Å². The number of likely N-dealkylation sites (tertiary alicyclic amines) is 1. The van der Waals surface area contributed by atoms with Gasteiger partial charge in [0.05, 0.1) is 18.4 Å². The first-order chi connectivity index (χ1) is 14.1. The molecule has 4 rings (SSSR count). The van der Waals surface area contributed by atoms with Crippen LogP contribution in [0.15, 0.2) is 48.9 Å². The molecule has 0 bridgehead atoms. The largest absolute Gasteiger partial charge is 0.324 e. The summed E-state index contributed by atoms with van der Waals surface area (Å²) in [5, 5.41) is 14.1. The van der Waals surface area contributed by atoms with Crippen molar-refractivity contribution in [3.63, 3.8) is 0 Å².